The summed E-state index contributed by atoms with van der Waals surface area (Å²) in [5.74, 6) is 1.13. The predicted octanol–water partition coefficient (Wildman–Crippen LogP) is 3.38. The van der Waals surface area contributed by atoms with Crippen LogP contribution in [0.4, 0.5) is 0 Å². The average molecular weight is 315 g/mol. The average Bonchev–Trinajstić information content (AvgIpc) is 2.79. The monoisotopic (exact) mass is 315 g/mol. The van der Waals surface area contributed by atoms with Gasteiger partial charge in [-0.05, 0) is 61.3 Å². The van der Waals surface area contributed by atoms with Crippen LogP contribution in [0.15, 0.2) is 12.3 Å². The van der Waals surface area contributed by atoms with Crippen molar-refractivity contribution in [2.24, 2.45) is 29.2 Å². The van der Waals surface area contributed by atoms with Gasteiger partial charge in [0.15, 0.2) is 0 Å². The largest absolute Gasteiger partial charge is 0.339 e. The van der Waals surface area contributed by atoms with Crippen LogP contribution in [0.3, 0.4) is 0 Å². The smallest absolute Gasteiger partial charge is 0.228 e. The molecule has 4 aliphatic carbocycles. The van der Waals surface area contributed by atoms with Gasteiger partial charge in [0.2, 0.25) is 5.91 Å². The van der Waals surface area contributed by atoms with Crippen molar-refractivity contribution in [2.45, 2.75) is 58.9 Å². The van der Waals surface area contributed by atoms with Gasteiger partial charge in [-0.1, -0.05) is 13.8 Å². The number of hydrogen-bond acceptors (Lipinski definition) is 2. The van der Waals surface area contributed by atoms with Crippen molar-refractivity contribution in [3.05, 3.63) is 18.0 Å². The molecule has 5 rings (SSSR count). The molecule has 0 radical (unpaired) electrons. The Morgan fingerprint density at radius 1 is 1.26 bits per heavy atom. The van der Waals surface area contributed by atoms with Crippen molar-refractivity contribution < 1.29 is 4.79 Å². The number of hydrogen-bond donors (Lipinski definition) is 0. The van der Waals surface area contributed by atoms with Crippen LogP contribution in [0.1, 0.15) is 58.1 Å². The maximum absolute atomic E-state index is 13.4. The van der Waals surface area contributed by atoms with Crippen molar-refractivity contribution >= 4 is 5.91 Å². The predicted molar refractivity (Wildman–Crippen MR) is 89.5 cm³/mol. The van der Waals surface area contributed by atoms with Crippen LogP contribution in [0.5, 0.6) is 0 Å². The minimum absolute atomic E-state index is 0.101. The Balaban J connectivity index is 1.59. The van der Waals surface area contributed by atoms with E-state index in [1.165, 1.54) is 19.3 Å². The molecule has 2 atom stereocenters. The standard InChI is InChI=1S/C19H29N3O/c1-17-7-14-8-18(2,11-17)13-19(9-14,12-17)16(23)21(3)10-15-5-6-20-22(15)4/h5-6,14H,7-13H2,1-4H3/t14?,17-,18-,19?/m0/s1. The first-order chi connectivity index (χ1) is 10.7. The van der Waals surface area contributed by atoms with E-state index in [4.69, 9.17) is 0 Å². The van der Waals surface area contributed by atoms with E-state index in [-0.39, 0.29) is 5.41 Å². The molecule has 4 bridgehead atoms. The normalized spacial score (nSPS) is 41.3. The molecule has 4 heteroatoms. The number of rotatable bonds is 3. The molecule has 0 saturated heterocycles. The molecule has 0 unspecified atom stereocenters. The number of aromatic nitrogens is 2. The molecule has 4 saturated carbocycles. The van der Waals surface area contributed by atoms with E-state index in [0.717, 1.165) is 30.9 Å². The maximum Gasteiger partial charge on any atom is 0.228 e. The minimum Gasteiger partial charge on any atom is -0.339 e. The highest BCUT2D eigenvalue weighted by Crippen LogP contribution is 2.69. The van der Waals surface area contributed by atoms with Crippen LogP contribution in [-0.4, -0.2) is 27.6 Å². The van der Waals surface area contributed by atoms with E-state index in [1.807, 2.05) is 29.7 Å². The second kappa shape index (κ2) is 4.61. The van der Waals surface area contributed by atoms with Gasteiger partial charge in [-0.25, -0.2) is 0 Å². The van der Waals surface area contributed by atoms with E-state index in [2.05, 4.69) is 18.9 Å². The van der Waals surface area contributed by atoms with Crippen molar-refractivity contribution in [3.63, 3.8) is 0 Å². The number of carbonyl (C=O) groups is 1. The summed E-state index contributed by atoms with van der Waals surface area (Å²) in [4.78, 5) is 15.4. The first-order valence-corrected chi connectivity index (χ1v) is 8.95. The van der Waals surface area contributed by atoms with Crippen molar-refractivity contribution in [1.29, 1.82) is 0 Å². The summed E-state index contributed by atoms with van der Waals surface area (Å²) in [6.07, 6.45) is 9.11. The first-order valence-electron chi connectivity index (χ1n) is 8.95. The number of aryl methyl sites for hydroxylation is 1. The summed E-state index contributed by atoms with van der Waals surface area (Å²) in [7, 11) is 3.92. The molecule has 4 nitrogen and oxygen atoms in total. The highest BCUT2D eigenvalue weighted by Gasteiger charge is 2.63. The zero-order chi connectivity index (χ0) is 16.5. The summed E-state index contributed by atoms with van der Waals surface area (Å²) in [5, 5.41) is 4.22. The highest BCUT2D eigenvalue weighted by molar-refractivity contribution is 5.83. The van der Waals surface area contributed by atoms with E-state index in [0.29, 0.717) is 23.3 Å². The Bertz CT molecular complexity index is 631. The fourth-order valence-corrected chi connectivity index (χ4v) is 6.96. The van der Waals surface area contributed by atoms with E-state index in [9.17, 15) is 4.79 Å². The summed E-state index contributed by atoms with van der Waals surface area (Å²) in [6, 6.07) is 2.01. The Labute approximate surface area is 139 Å². The first kappa shape index (κ1) is 15.2. The molecule has 0 aliphatic heterocycles. The zero-order valence-electron chi connectivity index (χ0n) is 14.9. The molecule has 126 valence electrons. The lowest BCUT2D eigenvalue weighted by Crippen LogP contribution is -2.59. The fourth-order valence-electron chi connectivity index (χ4n) is 6.96. The van der Waals surface area contributed by atoms with Gasteiger partial charge in [-0.2, -0.15) is 5.10 Å². The SMILES string of the molecule is CN(Cc1ccnn1C)C(=O)C12CC3C[C@](C)(C1)C[C@](C)(C3)C2. The van der Waals surface area contributed by atoms with Crippen LogP contribution in [0.25, 0.3) is 0 Å². The van der Waals surface area contributed by atoms with Crippen molar-refractivity contribution in [2.75, 3.05) is 7.05 Å². The third-order valence-electron chi connectivity index (χ3n) is 6.75. The Kier molecular flexibility index (Phi) is 3.05. The lowest BCUT2D eigenvalue weighted by Gasteiger charge is -2.65. The third kappa shape index (κ3) is 2.33. The molecular formula is C19H29N3O. The van der Waals surface area contributed by atoms with Crippen LogP contribution in [0, 0.1) is 22.2 Å². The van der Waals surface area contributed by atoms with Crippen LogP contribution in [0.2, 0.25) is 0 Å². The molecular weight excluding hydrogens is 286 g/mol. The Hall–Kier alpha value is -1.32. The second-order valence-corrected chi connectivity index (χ2v) is 9.52. The van der Waals surface area contributed by atoms with Crippen LogP contribution < -0.4 is 0 Å². The van der Waals surface area contributed by atoms with Gasteiger partial charge >= 0.3 is 0 Å². The number of carbonyl (C=O) groups excluding carboxylic acids is 1. The zero-order valence-corrected chi connectivity index (χ0v) is 14.9. The molecule has 1 aromatic rings. The summed E-state index contributed by atoms with van der Waals surface area (Å²) in [6.45, 7) is 5.52. The minimum atomic E-state index is -0.101. The van der Waals surface area contributed by atoms with Gasteiger partial charge in [-0.15, -0.1) is 0 Å². The van der Waals surface area contributed by atoms with Crippen LogP contribution in [-0.2, 0) is 18.4 Å². The molecule has 0 aromatic carbocycles. The van der Waals surface area contributed by atoms with E-state index in [1.54, 1.807) is 6.20 Å². The molecule has 0 spiro atoms. The van der Waals surface area contributed by atoms with Crippen molar-refractivity contribution in [1.82, 2.24) is 14.7 Å². The molecule has 1 heterocycles. The molecule has 4 aliphatic rings. The Morgan fingerprint density at radius 3 is 2.43 bits per heavy atom. The fraction of sp³-hybridized carbons (Fsp3) is 0.789. The quantitative estimate of drug-likeness (QED) is 0.857. The lowest BCUT2D eigenvalue weighted by atomic mass is 9.40. The van der Waals surface area contributed by atoms with Gasteiger partial charge in [0, 0.05) is 20.3 Å². The second-order valence-electron chi connectivity index (χ2n) is 9.52. The third-order valence-corrected chi connectivity index (χ3v) is 6.75. The molecule has 0 N–H and O–H groups in total. The Morgan fingerprint density at radius 2 is 1.91 bits per heavy atom. The van der Waals surface area contributed by atoms with Gasteiger partial charge < -0.3 is 4.90 Å². The number of nitrogens with zero attached hydrogens (tertiary/aromatic N) is 3. The molecule has 1 aromatic heterocycles. The van der Waals surface area contributed by atoms with Crippen molar-refractivity contribution in [3.8, 4) is 0 Å². The van der Waals surface area contributed by atoms with E-state index >= 15 is 0 Å². The topological polar surface area (TPSA) is 38.1 Å². The van der Waals surface area contributed by atoms with Gasteiger partial charge in [0.05, 0.1) is 17.7 Å². The number of amides is 1. The van der Waals surface area contributed by atoms with Gasteiger partial charge in [-0.3, -0.25) is 9.48 Å². The summed E-state index contributed by atoms with van der Waals surface area (Å²) in [5.41, 5.74) is 1.77. The summed E-state index contributed by atoms with van der Waals surface area (Å²) >= 11 is 0. The molecule has 4 fully saturated rings. The van der Waals surface area contributed by atoms with Gasteiger partial charge in [0.1, 0.15) is 0 Å². The maximum atomic E-state index is 13.4. The van der Waals surface area contributed by atoms with E-state index < -0.39 is 0 Å². The van der Waals surface area contributed by atoms with Gasteiger partial charge in [0.25, 0.3) is 0 Å². The molecule has 1 amide bonds. The summed E-state index contributed by atoms with van der Waals surface area (Å²) < 4.78 is 1.87. The highest BCUT2D eigenvalue weighted by atomic mass is 16.2. The molecule has 23 heavy (non-hydrogen) atoms. The van der Waals surface area contributed by atoms with Crippen LogP contribution >= 0.6 is 0 Å². The lowest BCUT2D eigenvalue weighted by molar-refractivity contribution is -0.178.